The third-order valence-electron chi connectivity index (χ3n) is 4.97. The zero-order valence-electron chi connectivity index (χ0n) is 15.7. The number of amides is 1. The zero-order chi connectivity index (χ0) is 19.0. The second-order valence-electron chi connectivity index (χ2n) is 7.11. The van der Waals surface area contributed by atoms with Gasteiger partial charge in [0.2, 0.25) is 5.91 Å². The van der Waals surface area contributed by atoms with Crippen molar-refractivity contribution in [3.05, 3.63) is 66.5 Å². The lowest BCUT2D eigenvalue weighted by Crippen LogP contribution is -2.24. The molecule has 1 atom stereocenters. The second kappa shape index (κ2) is 7.24. The Balaban J connectivity index is 1.70. The Morgan fingerprint density at radius 2 is 2.07 bits per heavy atom. The summed E-state index contributed by atoms with van der Waals surface area (Å²) in [5, 5.41) is 0. The molecular formula is C22H23N3OS. The van der Waals surface area contributed by atoms with E-state index in [0.717, 1.165) is 34.7 Å². The second-order valence-corrected chi connectivity index (χ2v) is 7.99. The Labute approximate surface area is 163 Å². The first-order valence-corrected chi connectivity index (χ1v) is 10.3. The minimum atomic E-state index is 0.0854. The highest BCUT2D eigenvalue weighted by molar-refractivity contribution is 7.98. The number of hydrogen-bond donors (Lipinski definition) is 0. The maximum Gasteiger partial charge on any atom is 0.227 e. The first kappa shape index (κ1) is 17.9. The largest absolute Gasteiger partial charge is 0.324 e. The summed E-state index contributed by atoms with van der Waals surface area (Å²) < 4.78 is 2.22. The molecule has 2 heterocycles. The van der Waals surface area contributed by atoms with E-state index >= 15 is 0 Å². The van der Waals surface area contributed by atoms with Crippen molar-refractivity contribution in [3.8, 4) is 0 Å². The molecule has 1 saturated heterocycles. The molecule has 0 N–H and O–H groups in total. The monoisotopic (exact) mass is 377 g/mol. The molecule has 0 unspecified atom stereocenters. The molecule has 1 amide bonds. The van der Waals surface area contributed by atoms with Crippen LogP contribution >= 0.6 is 11.8 Å². The number of carbonyl (C=O) groups excluding carboxylic acids is 1. The summed E-state index contributed by atoms with van der Waals surface area (Å²) in [5.74, 6) is 1.23. The molecule has 0 saturated carbocycles. The van der Waals surface area contributed by atoms with Gasteiger partial charge in [-0.1, -0.05) is 30.4 Å². The number of imidazole rings is 1. The van der Waals surface area contributed by atoms with Crippen molar-refractivity contribution in [2.75, 3.05) is 17.7 Å². The maximum atomic E-state index is 12.8. The van der Waals surface area contributed by atoms with Crippen molar-refractivity contribution in [1.29, 1.82) is 0 Å². The molecule has 0 radical (unpaired) electrons. The Bertz CT molecular complexity index is 1020. The highest BCUT2D eigenvalue weighted by Crippen LogP contribution is 2.34. The topological polar surface area (TPSA) is 38.1 Å². The van der Waals surface area contributed by atoms with Crippen molar-refractivity contribution in [3.63, 3.8) is 0 Å². The van der Waals surface area contributed by atoms with Gasteiger partial charge < -0.3 is 9.47 Å². The highest BCUT2D eigenvalue weighted by atomic mass is 32.2. The van der Waals surface area contributed by atoms with Crippen LogP contribution < -0.4 is 4.90 Å². The van der Waals surface area contributed by atoms with Crippen LogP contribution in [0.15, 0.2) is 65.6 Å². The lowest BCUT2D eigenvalue weighted by atomic mass is 10.1. The normalized spacial score (nSPS) is 17.0. The highest BCUT2D eigenvalue weighted by Gasteiger charge is 2.34. The van der Waals surface area contributed by atoms with E-state index in [1.807, 2.05) is 48.4 Å². The number of allylic oxidation sites excluding steroid dienone is 1. The first-order valence-electron chi connectivity index (χ1n) is 9.11. The van der Waals surface area contributed by atoms with E-state index in [2.05, 4.69) is 29.3 Å². The molecule has 1 fully saturated rings. The number of nitrogens with zero attached hydrogens (tertiary/aromatic N) is 3. The lowest BCUT2D eigenvalue weighted by molar-refractivity contribution is -0.117. The van der Waals surface area contributed by atoms with Crippen molar-refractivity contribution in [2.24, 2.45) is 0 Å². The number of fused-ring (bicyclic) bond motifs is 1. The smallest absolute Gasteiger partial charge is 0.227 e. The van der Waals surface area contributed by atoms with Gasteiger partial charge in [0, 0.05) is 36.0 Å². The fourth-order valence-corrected chi connectivity index (χ4v) is 4.20. The molecule has 1 aromatic heterocycles. The van der Waals surface area contributed by atoms with Crippen LogP contribution in [0.25, 0.3) is 11.0 Å². The molecule has 1 aliphatic heterocycles. The van der Waals surface area contributed by atoms with Gasteiger partial charge in [0.05, 0.1) is 11.0 Å². The van der Waals surface area contributed by atoms with E-state index in [0.29, 0.717) is 13.0 Å². The van der Waals surface area contributed by atoms with Crippen LogP contribution in [0.4, 0.5) is 5.69 Å². The summed E-state index contributed by atoms with van der Waals surface area (Å²) in [4.78, 5) is 20.7. The quantitative estimate of drug-likeness (QED) is 0.471. The molecular weight excluding hydrogens is 354 g/mol. The van der Waals surface area contributed by atoms with Gasteiger partial charge in [-0.05, 0) is 43.5 Å². The molecule has 0 aliphatic carbocycles. The van der Waals surface area contributed by atoms with Gasteiger partial charge in [0.1, 0.15) is 5.82 Å². The van der Waals surface area contributed by atoms with Crippen LogP contribution in [0.5, 0.6) is 0 Å². The van der Waals surface area contributed by atoms with Crippen molar-refractivity contribution >= 4 is 34.4 Å². The fraction of sp³-hybridized carbons (Fsp3) is 0.273. The van der Waals surface area contributed by atoms with Crippen molar-refractivity contribution in [2.45, 2.75) is 30.7 Å². The van der Waals surface area contributed by atoms with Gasteiger partial charge in [-0.25, -0.2) is 4.98 Å². The third-order valence-corrected chi connectivity index (χ3v) is 5.69. The number of benzene rings is 2. The lowest BCUT2D eigenvalue weighted by Gasteiger charge is -2.18. The van der Waals surface area contributed by atoms with Crippen LogP contribution in [-0.2, 0) is 11.3 Å². The van der Waals surface area contributed by atoms with Crippen LogP contribution in [0.1, 0.15) is 25.1 Å². The maximum absolute atomic E-state index is 12.8. The number of para-hydroxylation sites is 2. The molecule has 27 heavy (non-hydrogen) atoms. The Hall–Kier alpha value is -2.53. The summed E-state index contributed by atoms with van der Waals surface area (Å²) in [6, 6.07) is 16.3. The third kappa shape index (κ3) is 3.39. The number of rotatable bonds is 5. The predicted octanol–water partition coefficient (Wildman–Crippen LogP) is 4.85. The van der Waals surface area contributed by atoms with E-state index in [1.165, 1.54) is 4.90 Å². The molecule has 5 heteroatoms. The van der Waals surface area contributed by atoms with E-state index in [1.54, 1.807) is 11.8 Å². The van der Waals surface area contributed by atoms with E-state index in [-0.39, 0.29) is 11.8 Å². The Kier molecular flexibility index (Phi) is 4.79. The summed E-state index contributed by atoms with van der Waals surface area (Å²) in [6.07, 6.45) is 2.54. The standard InChI is InChI=1S/C22H23N3OS/c1-15(2)13-25-20-10-5-4-9-19(20)23-22(25)16-11-21(26)24(14-16)17-7-6-8-18(12-17)27-3/h4-10,12,16H,1,11,13-14H2,2-3H3/t16-/m0/s1. The first-order chi connectivity index (χ1) is 13.1. The van der Waals surface area contributed by atoms with Crippen molar-refractivity contribution < 1.29 is 4.79 Å². The Morgan fingerprint density at radius 1 is 1.26 bits per heavy atom. The van der Waals surface area contributed by atoms with E-state index < -0.39 is 0 Å². The van der Waals surface area contributed by atoms with Gasteiger partial charge >= 0.3 is 0 Å². The van der Waals surface area contributed by atoms with Gasteiger partial charge in [0.15, 0.2) is 0 Å². The van der Waals surface area contributed by atoms with E-state index in [4.69, 9.17) is 4.98 Å². The number of thioether (sulfide) groups is 1. The van der Waals surface area contributed by atoms with E-state index in [9.17, 15) is 4.79 Å². The van der Waals surface area contributed by atoms with Crippen LogP contribution in [0, 0.1) is 0 Å². The number of anilines is 1. The van der Waals surface area contributed by atoms with Crippen molar-refractivity contribution in [1.82, 2.24) is 9.55 Å². The molecule has 0 bridgehead atoms. The summed E-state index contributed by atoms with van der Waals surface area (Å²) in [5.41, 5.74) is 4.12. The summed E-state index contributed by atoms with van der Waals surface area (Å²) in [6.45, 7) is 7.49. The SMILES string of the molecule is C=C(C)Cn1c([C@H]2CC(=O)N(c3cccc(SC)c3)C2)nc2ccccc21. The molecule has 3 aromatic rings. The van der Waals surface area contributed by atoms with Crippen LogP contribution in [0.3, 0.4) is 0 Å². The molecule has 4 nitrogen and oxygen atoms in total. The minimum Gasteiger partial charge on any atom is -0.324 e. The predicted molar refractivity (Wildman–Crippen MR) is 112 cm³/mol. The van der Waals surface area contributed by atoms with Gasteiger partial charge in [-0.15, -0.1) is 11.8 Å². The average molecular weight is 378 g/mol. The molecule has 2 aromatic carbocycles. The average Bonchev–Trinajstić information content (AvgIpc) is 3.22. The fourth-order valence-electron chi connectivity index (χ4n) is 3.75. The molecule has 138 valence electrons. The number of carbonyl (C=O) groups is 1. The molecule has 0 spiro atoms. The van der Waals surface area contributed by atoms with Gasteiger partial charge in [-0.2, -0.15) is 0 Å². The molecule has 4 rings (SSSR count). The number of aromatic nitrogens is 2. The number of hydrogen-bond acceptors (Lipinski definition) is 3. The summed E-state index contributed by atoms with van der Waals surface area (Å²) in [7, 11) is 0. The van der Waals surface area contributed by atoms with Gasteiger partial charge in [-0.3, -0.25) is 4.79 Å². The molecule has 1 aliphatic rings. The van der Waals surface area contributed by atoms with Gasteiger partial charge in [0.25, 0.3) is 0 Å². The minimum absolute atomic E-state index is 0.0854. The Morgan fingerprint density at radius 3 is 2.85 bits per heavy atom. The van der Waals surface area contributed by atoms with Crippen LogP contribution in [-0.4, -0.2) is 28.3 Å². The zero-order valence-corrected chi connectivity index (χ0v) is 16.5. The van der Waals surface area contributed by atoms with Crippen LogP contribution in [0.2, 0.25) is 0 Å². The summed E-state index contributed by atoms with van der Waals surface area (Å²) >= 11 is 1.69.